The molecule has 0 aromatic rings. The average Bonchev–Trinajstić information content (AvgIpc) is 3.10. The van der Waals surface area contributed by atoms with Gasteiger partial charge in [0, 0.05) is 0 Å². The van der Waals surface area contributed by atoms with Crippen LogP contribution in [0.25, 0.3) is 0 Å². The first kappa shape index (κ1) is 26.9. The highest BCUT2D eigenvalue weighted by molar-refractivity contribution is 7.92. The van der Waals surface area contributed by atoms with Crippen LogP contribution in [0.4, 0.5) is 0 Å². The van der Waals surface area contributed by atoms with Crippen molar-refractivity contribution < 1.29 is 14.3 Å². The first-order chi connectivity index (χ1) is 15.9. The predicted molar refractivity (Wildman–Crippen MR) is 139 cm³/mol. The molecule has 0 spiro atoms. The molecule has 0 aliphatic heterocycles. The van der Waals surface area contributed by atoms with Gasteiger partial charge >= 0.3 is 0 Å². The molecule has 0 radical (unpaired) electrons. The number of hydroxylamine groups is 1. The second-order valence-corrected chi connectivity index (χ2v) is 14.0. The van der Waals surface area contributed by atoms with Crippen molar-refractivity contribution in [3.8, 4) is 0 Å². The van der Waals surface area contributed by atoms with Gasteiger partial charge in [-0.3, -0.25) is 0 Å². The monoisotopic (exact) mass is 494 g/mol. The van der Waals surface area contributed by atoms with Crippen LogP contribution in [0.3, 0.4) is 0 Å². The van der Waals surface area contributed by atoms with Gasteiger partial charge < -0.3 is 14.8 Å². The zero-order chi connectivity index (χ0) is 24.7. The van der Waals surface area contributed by atoms with Gasteiger partial charge in [0.25, 0.3) is 0 Å². The topological polar surface area (TPSA) is 65.0 Å². The largest absolute Gasteiger partial charge is 0.774 e. The van der Waals surface area contributed by atoms with Crippen LogP contribution in [-0.4, -0.2) is 28.3 Å². The van der Waals surface area contributed by atoms with Gasteiger partial charge in [-0.25, -0.2) is 4.89 Å². The van der Waals surface area contributed by atoms with E-state index in [1.165, 1.54) is 45.6 Å². The summed E-state index contributed by atoms with van der Waals surface area (Å²) in [7, 11) is 1.41. The van der Waals surface area contributed by atoms with E-state index in [4.69, 9.17) is 9.22 Å². The van der Waals surface area contributed by atoms with Gasteiger partial charge in [-0.15, -0.1) is 4.33 Å². The van der Waals surface area contributed by atoms with Crippen molar-refractivity contribution in [2.45, 2.75) is 117 Å². The number of hydrogen-bond donors (Lipinski definition) is 1. The van der Waals surface area contributed by atoms with Crippen LogP contribution in [-0.2, 0) is 9.22 Å². The number of rotatable bonds is 9. The Hall–Kier alpha value is -0.110. The summed E-state index contributed by atoms with van der Waals surface area (Å²) >= 11 is 0.713. The highest BCUT2D eigenvalue weighted by Gasteiger charge is 2.59. The Balaban J connectivity index is 1.40. The Bertz CT molecular complexity index is 736. The van der Waals surface area contributed by atoms with Crippen LogP contribution in [0.2, 0.25) is 0 Å². The standard InChI is InChI=1S/C28H48NO4S/c1-19(8-7-15-26(2,3)30)23-11-12-24-22-10-9-20-18-21(32-33-34-29(6)31)13-16-27(20,4)25(22)14-17-28(23,24)5/h9,19,21-25,30H,7-8,10-18H2,1-6H3/q-1/t19-,21+,22?,23-,24?,25?,27?,28-/m1/s1. The van der Waals surface area contributed by atoms with Crippen molar-refractivity contribution in [2.24, 2.45) is 40.4 Å². The van der Waals surface area contributed by atoms with Crippen LogP contribution in [0.15, 0.2) is 11.6 Å². The summed E-state index contributed by atoms with van der Waals surface area (Å²) < 4.78 is 5.76. The van der Waals surface area contributed by atoms with Crippen LogP contribution in [0.1, 0.15) is 105 Å². The average molecular weight is 495 g/mol. The Morgan fingerprint density at radius 1 is 1.21 bits per heavy atom. The molecule has 0 heterocycles. The Morgan fingerprint density at radius 2 is 1.97 bits per heavy atom. The maximum absolute atomic E-state index is 11.0. The van der Waals surface area contributed by atoms with Gasteiger partial charge in [0.1, 0.15) is 12.2 Å². The number of fused-ring (bicyclic) bond motifs is 5. The van der Waals surface area contributed by atoms with Gasteiger partial charge in [0.15, 0.2) is 0 Å². The van der Waals surface area contributed by atoms with Gasteiger partial charge in [-0.05, 0) is 119 Å². The minimum Gasteiger partial charge on any atom is -0.774 e. The van der Waals surface area contributed by atoms with Gasteiger partial charge in [-0.2, -0.15) is 0 Å². The Morgan fingerprint density at radius 3 is 2.68 bits per heavy atom. The third kappa shape index (κ3) is 5.43. The Labute approximate surface area is 212 Å². The molecule has 0 bridgehead atoms. The third-order valence-electron chi connectivity index (χ3n) is 10.6. The molecular weight excluding hydrogens is 446 g/mol. The molecule has 1 N–H and O–H groups in total. The van der Waals surface area contributed by atoms with E-state index in [-0.39, 0.29) is 6.10 Å². The lowest BCUT2D eigenvalue weighted by Gasteiger charge is -2.58. The van der Waals surface area contributed by atoms with E-state index in [9.17, 15) is 10.3 Å². The molecule has 34 heavy (non-hydrogen) atoms. The van der Waals surface area contributed by atoms with Crippen LogP contribution in [0.5, 0.6) is 0 Å². The van der Waals surface area contributed by atoms with E-state index >= 15 is 0 Å². The SMILES string of the molecule is C[C@H](CCCC(C)(C)O)[C@H]1CCC2C3CC=C4C[C@@H](OOSN(C)[O-])CCC4(C)C3CC[C@@]21C. The van der Waals surface area contributed by atoms with Crippen molar-refractivity contribution in [3.05, 3.63) is 16.9 Å². The molecule has 196 valence electrons. The van der Waals surface area contributed by atoms with E-state index in [0.717, 1.165) is 61.7 Å². The molecule has 8 atom stereocenters. The molecule has 4 unspecified atom stereocenters. The molecule has 0 saturated heterocycles. The molecule has 4 aliphatic carbocycles. The summed E-state index contributed by atoms with van der Waals surface area (Å²) in [6.45, 7) is 11.5. The summed E-state index contributed by atoms with van der Waals surface area (Å²) in [5.41, 5.74) is 1.81. The molecule has 3 fully saturated rings. The highest BCUT2D eigenvalue weighted by atomic mass is 32.2. The molecule has 5 nitrogen and oxygen atoms in total. The second kappa shape index (κ2) is 10.3. The molecule has 0 amide bonds. The first-order valence-electron chi connectivity index (χ1n) is 13.8. The van der Waals surface area contributed by atoms with E-state index in [0.29, 0.717) is 27.5 Å². The van der Waals surface area contributed by atoms with Crippen LogP contribution >= 0.6 is 12.2 Å². The number of nitrogens with zero attached hydrogens (tertiary/aromatic N) is 1. The van der Waals surface area contributed by atoms with Gasteiger partial charge in [-0.1, -0.05) is 45.3 Å². The third-order valence-corrected chi connectivity index (χ3v) is 10.9. The van der Waals surface area contributed by atoms with Crippen molar-refractivity contribution in [1.29, 1.82) is 0 Å². The summed E-state index contributed by atoms with van der Waals surface area (Å²) in [6, 6.07) is 0. The summed E-state index contributed by atoms with van der Waals surface area (Å²) in [5, 5.41) is 21.2. The lowest BCUT2D eigenvalue weighted by atomic mass is 9.47. The van der Waals surface area contributed by atoms with Gasteiger partial charge in [0.05, 0.1) is 11.7 Å². The maximum Gasteiger partial charge on any atom is 0.107 e. The van der Waals surface area contributed by atoms with E-state index in [2.05, 4.69) is 26.8 Å². The van der Waals surface area contributed by atoms with Crippen molar-refractivity contribution in [2.75, 3.05) is 7.05 Å². The zero-order valence-corrected chi connectivity index (χ0v) is 23.2. The molecule has 0 aromatic carbocycles. The highest BCUT2D eigenvalue weighted by Crippen LogP contribution is 2.67. The Kier molecular flexibility index (Phi) is 8.19. The summed E-state index contributed by atoms with van der Waals surface area (Å²) in [4.78, 5) is 5.57. The summed E-state index contributed by atoms with van der Waals surface area (Å²) in [5.74, 6) is 4.04. The predicted octanol–water partition coefficient (Wildman–Crippen LogP) is 7.45. The number of hydrogen-bond acceptors (Lipinski definition) is 6. The van der Waals surface area contributed by atoms with Crippen LogP contribution in [0, 0.1) is 45.6 Å². The van der Waals surface area contributed by atoms with E-state index in [1.807, 2.05) is 13.8 Å². The van der Waals surface area contributed by atoms with Crippen molar-refractivity contribution in [3.63, 3.8) is 0 Å². The smallest absolute Gasteiger partial charge is 0.107 e. The molecular formula is C28H48NO4S-. The van der Waals surface area contributed by atoms with E-state index < -0.39 is 5.60 Å². The summed E-state index contributed by atoms with van der Waals surface area (Å²) in [6.07, 6.45) is 15.7. The molecule has 4 rings (SSSR count). The first-order valence-corrected chi connectivity index (χ1v) is 14.5. The molecule has 0 aromatic heterocycles. The molecule has 3 saturated carbocycles. The molecule has 6 heteroatoms. The number of aliphatic hydroxyl groups is 1. The normalized spacial score (nSPS) is 41.0. The van der Waals surface area contributed by atoms with Crippen molar-refractivity contribution in [1.82, 2.24) is 4.47 Å². The lowest BCUT2D eigenvalue weighted by molar-refractivity contribution is -0.241. The molecule has 4 aliphatic rings. The second-order valence-electron chi connectivity index (χ2n) is 13.2. The number of allylic oxidation sites excluding steroid dienone is 1. The fourth-order valence-electron chi connectivity index (χ4n) is 8.86. The fourth-order valence-corrected chi connectivity index (χ4v) is 9.09. The van der Waals surface area contributed by atoms with Crippen molar-refractivity contribution >= 4 is 12.2 Å². The van der Waals surface area contributed by atoms with Gasteiger partial charge in [0.2, 0.25) is 0 Å². The maximum atomic E-state index is 11.0. The fraction of sp³-hybridized carbons (Fsp3) is 0.929. The minimum atomic E-state index is -0.539. The minimum absolute atomic E-state index is 0.0535. The lowest BCUT2D eigenvalue weighted by Crippen LogP contribution is -2.51. The quantitative estimate of drug-likeness (QED) is 0.118. The zero-order valence-electron chi connectivity index (χ0n) is 22.3. The van der Waals surface area contributed by atoms with Crippen LogP contribution < -0.4 is 0 Å². The van der Waals surface area contributed by atoms with E-state index in [1.54, 1.807) is 5.57 Å².